The molecule has 0 amide bonds. The molecule has 2 aromatic rings. The molecular weight excluding hydrogens is 302 g/mol. The van der Waals surface area contributed by atoms with E-state index in [0.717, 1.165) is 30.2 Å². The summed E-state index contributed by atoms with van der Waals surface area (Å²) in [5, 5.41) is 5.15. The van der Waals surface area contributed by atoms with Crippen LogP contribution in [0, 0.1) is 0 Å². The SMILES string of the molecule is CNCCCCOc1cc2ccccc2cc1C(=O)OC.Cl. The van der Waals surface area contributed by atoms with Crippen molar-refractivity contribution >= 4 is 29.1 Å². The minimum Gasteiger partial charge on any atom is -0.493 e. The molecule has 22 heavy (non-hydrogen) atoms. The van der Waals surface area contributed by atoms with Crippen LogP contribution in [0.2, 0.25) is 0 Å². The van der Waals surface area contributed by atoms with Crippen LogP contribution in [0.5, 0.6) is 5.75 Å². The van der Waals surface area contributed by atoms with Crippen molar-refractivity contribution in [2.45, 2.75) is 12.8 Å². The highest BCUT2D eigenvalue weighted by molar-refractivity contribution is 5.98. The molecule has 0 heterocycles. The van der Waals surface area contributed by atoms with E-state index in [2.05, 4.69) is 5.32 Å². The highest BCUT2D eigenvalue weighted by Crippen LogP contribution is 2.27. The lowest BCUT2D eigenvalue weighted by atomic mass is 10.1. The van der Waals surface area contributed by atoms with Crippen molar-refractivity contribution < 1.29 is 14.3 Å². The van der Waals surface area contributed by atoms with Crippen LogP contribution in [-0.2, 0) is 4.74 Å². The highest BCUT2D eigenvalue weighted by Gasteiger charge is 2.14. The summed E-state index contributed by atoms with van der Waals surface area (Å²) in [4.78, 5) is 11.9. The third-order valence-electron chi connectivity index (χ3n) is 3.33. The van der Waals surface area contributed by atoms with E-state index in [-0.39, 0.29) is 18.4 Å². The molecule has 0 bridgehead atoms. The first-order valence-electron chi connectivity index (χ1n) is 7.14. The quantitative estimate of drug-likeness (QED) is 0.626. The maximum Gasteiger partial charge on any atom is 0.341 e. The van der Waals surface area contributed by atoms with E-state index in [1.165, 1.54) is 7.11 Å². The van der Waals surface area contributed by atoms with Crippen molar-refractivity contribution in [3.63, 3.8) is 0 Å². The third-order valence-corrected chi connectivity index (χ3v) is 3.33. The number of nitrogens with one attached hydrogen (secondary N) is 1. The van der Waals surface area contributed by atoms with Gasteiger partial charge in [-0.05, 0) is 49.3 Å². The van der Waals surface area contributed by atoms with Crippen LogP contribution >= 0.6 is 12.4 Å². The Morgan fingerprint density at radius 1 is 1.14 bits per heavy atom. The summed E-state index contributed by atoms with van der Waals surface area (Å²) in [7, 11) is 3.31. The van der Waals surface area contributed by atoms with Crippen LogP contribution in [0.25, 0.3) is 10.8 Å². The fourth-order valence-electron chi connectivity index (χ4n) is 2.19. The number of hydrogen-bond donors (Lipinski definition) is 1. The van der Waals surface area contributed by atoms with Crippen molar-refractivity contribution in [3.8, 4) is 5.75 Å². The molecule has 0 atom stereocenters. The third kappa shape index (κ3) is 4.61. The maximum atomic E-state index is 11.9. The number of methoxy groups -OCH3 is 1. The molecule has 5 heteroatoms. The van der Waals surface area contributed by atoms with Gasteiger partial charge in [-0.3, -0.25) is 0 Å². The smallest absolute Gasteiger partial charge is 0.341 e. The molecule has 0 aliphatic heterocycles. The van der Waals surface area contributed by atoms with Gasteiger partial charge in [-0.1, -0.05) is 24.3 Å². The number of ether oxygens (including phenoxy) is 2. The van der Waals surface area contributed by atoms with Gasteiger partial charge in [-0.2, -0.15) is 0 Å². The molecule has 0 spiro atoms. The van der Waals surface area contributed by atoms with Gasteiger partial charge in [0.05, 0.1) is 13.7 Å². The number of carbonyl (C=O) groups is 1. The number of benzene rings is 2. The summed E-state index contributed by atoms with van der Waals surface area (Å²) in [6.07, 6.45) is 1.98. The molecule has 120 valence electrons. The molecule has 0 aromatic heterocycles. The predicted molar refractivity (Wildman–Crippen MR) is 91.2 cm³/mol. The fourth-order valence-corrected chi connectivity index (χ4v) is 2.19. The minimum absolute atomic E-state index is 0. The van der Waals surface area contributed by atoms with Gasteiger partial charge in [0.25, 0.3) is 0 Å². The zero-order valence-electron chi connectivity index (χ0n) is 12.9. The molecule has 0 saturated carbocycles. The van der Waals surface area contributed by atoms with Gasteiger partial charge in [0.15, 0.2) is 0 Å². The average molecular weight is 324 g/mol. The average Bonchev–Trinajstić information content (AvgIpc) is 2.53. The molecule has 0 unspecified atom stereocenters. The Balaban J connectivity index is 0.00000242. The monoisotopic (exact) mass is 323 g/mol. The van der Waals surface area contributed by atoms with Crippen LogP contribution in [0.3, 0.4) is 0 Å². The lowest BCUT2D eigenvalue weighted by molar-refractivity contribution is 0.0596. The van der Waals surface area contributed by atoms with Crippen LogP contribution in [-0.4, -0.2) is 33.3 Å². The number of unbranched alkanes of at least 4 members (excludes halogenated alkanes) is 1. The van der Waals surface area contributed by atoms with Crippen molar-refractivity contribution in [2.75, 3.05) is 27.3 Å². The number of hydrogen-bond acceptors (Lipinski definition) is 4. The van der Waals surface area contributed by atoms with Crippen LogP contribution in [0.4, 0.5) is 0 Å². The fraction of sp³-hybridized carbons (Fsp3) is 0.353. The molecule has 0 aliphatic carbocycles. The number of esters is 1. The molecule has 0 fully saturated rings. The molecule has 4 nitrogen and oxygen atoms in total. The summed E-state index contributed by atoms with van der Waals surface area (Å²) in [6.45, 7) is 1.55. The van der Waals surface area contributed by atoms with Gasteiger partial charge < -0.3 is 14.8 Å². The van der Waals surface area contributed by atoms with Crippen LogP contribution in [0.15, 0.2) is 36.4 Å². The lowest BCUT2D eigenvalue weighted by Crippen LogP contribution is -2.10. The zero-order valence-corrected chi connectivity index (χ0v) is 13.7. The molecular formula is C17H22ClNO3. The van der Waals surface area contributed by atoms with Gasteiger partial charge in [-0.25, -0.2) is 4.79 Å². The van der Waals surface area contributed by atoms with Crippen molar-refractivity contribution in [1.29, 1.82) is 0 Å². The van der Waals surface area contributed by atoms with E-state index in [1.54, 1.807) is 0 Å². The highest BCUT2D eigenvalue weighted by atomic mass is 35.5. The van der Waals surface area contributed by atoms with E-state index in [1.807, 2.05) is 43.4 Å². The second-order valence-corrected chi connectivity index (χ2v) is 4.85. The Bertz CT molecular complexity index is 616. The predicted octanol–water partition coefficient (Wildman–Crippen LogP) is 3.43. The Kier molecular flexibility index (Phi) is 7.71. The van der Waals surface area contributed by atoms with Gasteiger partial charge in [0.1, 0.15) is 11.3 Å². The van der Waals surface area contributed by atoms with E-state index in [9.17, 15) is 4.79 Å². The zero-order chi connectivity index (χ0) is 15.1. The van der Waals surface area contributed by atoms with Gasteiger partial charge in [0, 0.05) is 0 Å². The maximum absolute atomic E-state index is 11.9. The summed E-state index contributed by atoms with van der Waals surface area (Å²) < 4.78 is 10.6. The van der Waals surface area contributed by atoms with Crippen molar-refractivity contribution in [3.05, 3.63) is 42.0 Å². The Labute approximate surface area is 137 Å². The molecule has 1 N–H and O–H groups in total. The molecule has 2 aromatic carbocycles. The molecule has 0 saturated heterocycles. The Hall–Kier alpha value is -1.78. The summed E-state index contributed by atoms with van der Waals surface area (Å²) >= 11 is 0. The first-order chi connectivity index (χ1) is 10.3. The van der Waals surface area contributed by atoms with Crippen molar-refractivity contribution in [1.82, 2.24) is 5.32 Å². The van der Waals surface area contributed by atoms with E-state index < -0.39 is 0 Å². The topological polar surface area (TPSA) is 47.6 Å². The standard InChI is InChI=1S/C17H21NO3.ClH/c1-18-9-5-6-10-21-16-12-14-8-4-3-7-13(14)11-15(16)17(19)20-2;/h3-4,7-8,11-12,18H,5-6,9-10H2,1-2H3;1H. The van der Waals surface area contributed by atoms with E-state index in [4.69, 9.17) is 9.47 Å². The van der Waals surface area contributed by atoms with Gasteiger partial charge in [0.2, 0.25) is 0 Å². The normalized spacial score (nSPS) is 10.1. The van der Waals surface area contributed by atoms with Gasteiger partial charge in [-0.15, -0.1) is 12.4 Å². The lowest BCUT2D eigenvalue weighted by Gasteiger charge is -2.12. The summed E-state index contributed by atoms with van der Waals surface area (Å²) in [5.41, 5.74) is 0.477. The Morgan fingerprint density at radius 3 is 2.45 bits per heavy atom. The molecule has 2 rings (SSSR count). The molecule has 0 radical (unpaired) electrons. The first-order valence-corrected chi connectivity index (χ1v) is 7.14. The van der Waals surface area contributed by atoms with Crippen LogP contribution < -0.4 is 10.1 Å². The minimum atomic E-state index is -0.369. The summed E-state index contributed by atoms with van der Waals surface area (Å²) in [6, 6.07) is 11.6. The number of fused-ring (bicyclic) bond motifs is 1. The number of rotatable bonds is 7. The van der Waals surface area contributed by atoms with Crippen LogP contribution in [0.1, 0.15) is 23.2 Å². The Morgan fingerprint density at radius 2 is 1.82 bits per heavy atom. The van der Waals surface area contributed by atoms with E-state index in [0.29, 0.717) is 17.9 Å². The van der Waals surface area contributed by atoms with Gasteiger partial charge >= 0.3 is 5.97 Å². The summed E-state index contributed by atoms with van der Waals surface area (Å²) in [5.74, 6) is 0.219. The first kappa shape index (κ1) is 18.3. The largest absolute Gasteiger partial charge is 0.493 e. The second-order valence-electron chi connectivity index (χ2n) is 4.85. The second kappa shape index (κ2) is 9.28. The number of halogens is 1. The number of carbonyl (C=O) groups excluding carboxylic acids is 1. The van der Waals surface area contributed by atoms with Crippen molar-refractivity contribution in [2.24, 2.45) is 0 Å². The van der Waals surface area contributed by atoms with E-state index >= 15 is 0 Å². The molecule has 0 aliphatic rings.